The van der Waals surface area contributed by atoms with Gasteiger partial charge in [-0.3, -0.25) is 4.98 Å². The van der Waals surface area contributed by atoms with Crippen LogP contribution in [0.3, 0.4) is 0 Å². The van der Waals surface area contributed by atoms with Gasteiger partial charge in [0.25, 0.3) is 0 Å². The molecule has 2 atom stereocenters. The second-order valence-electron chi connectivity index (χ2n) is 14.2. The van der Waals surface area contributed by atoms with Crippen LogP contribution in [0.25, 0.3) is 78.7 Å². The first-order valence-electron chi connectivity index (χ1n) is 19.3. The Hall–Kier alpha value is -6.93. The average molecular weight is 755 g/mol. The van der Waals surface area contributed by atoms with Gasteiger partial charge in [-0.1, -0.05) is 128 Å². The highest BCUT2D eigenvalue weighted by Gasteiger charge is 2.42. The van der Waals surface area contributed by atoms with E-state index in [4.69, 9.17) is 9.97 Å². The second-order valence-corrected chi connectivity index (χ2v) is 15.4. The minimum atomic E-state index is -0.946. The van der Waals surface area contributed by atoms with Crippen LogP contribution in [0, 0.1) is 28.6 Å². The minimum absolute atomic E-state index is 0.280. The third kappa shape index (κ3) is 6.63. The van der Waals surface area contributed by atoms with E-state index in [1.165, 1.54) is 0 Å². The van der Waals surface area contributed by atoms with E-state index < -0.39 is 11.8 Å². The molecule has 4 aromatic carbocycles. The molecule has 2 aliphatic rings. The van der Waals surface area contributed by atoms with E-state index >= 15 is 0 Å². The average Bonchev–Trinajstić information content (AvgIpc) is 4.10. The molecular weight excluding hydrogens is 717 g/mol. The highest BCUT2D eigenvalue weighted by Crippen LogP contribution is 2.54. The summed E-state index contributed by atoms with van der Waals surface area (Å²) in [6.07, 6.45) is 5.15. The van der Waals surface area contributed by atoms with Gasteiger partial charge in [-0.25, -0.2) is 4.98 Å². The van der Waals surface area contributed by atoms with Crippen molar-refractivity contribution in [2.24, 2.45) is 5.92 Å². The topological polar surface area (TPSA) is 105 Å². The molecule has 8 bridgehead atoms. The standard InChI is InChI=1S/C50H38N6S/c1-2-29-57-50-47(36(30-51)31-52)48-45(34-19-11-5-12-20-34)41-27-25-39(54-41)43(32-15-7-3-8-16-32)37-23-24-38(53-37)44(33-17-9-4-10-18-33)40-26-28-42(55-40)46(49(50)56-48)35-21-13-6-14-22-35/h3-28,36,47,50,54-55H,2,29H2,1H3/t47-,50+/m1/s1. The molecule has 5 heterocycles. The van der Waals surface area contributed by atoms with Crippen molar-refractivity contribution in [3.05, 3.63) is 168 Å². The van der Waals surface area contributed by atoms with E-state index in [0.29, 0.717) is 0 Å². The zero-order valence-corrected chi connectivity index (χ0v) is 32.2. The van der Waals surface area contributed by atoms with Gasteiger partial charge in [0.05, 0.1) is 40.2 Å². The van der Waals surface area contributed by atoms with Gasteiger partial charge in [0.1, 0.15) is 5.92 Å². The molecule has 0 aliphatic carbocycles. The summed E-state index contributed by atoms with van der Waals surface area (Å²) in [6.45, 7) is 2.16. The number of hydrogen-bond donors (Lipinski definition) is 2. The predicted molar refractivity (Wildman–Crippen MR) is 235 cm³/mol. The Morgan fingerprint density at radius 2 is 0.912 bits per heavy atom. The Morgan fingerprint density at radius 1 is 0.526 bits per heavy atom. The summed E-state index contributed by atoms with van der Waals surface area (Å²) in [4.78, 5) is 18.7. The molecule has 0 unspecified atom stereocenters. The van der Waals surface area contributed by atoms with Crippen LogP contribution in [0.4, 0.5) is 0 Å². The molecule has 57 heavy (non-hydrogen) atoms. The maximum atomic E-state index is 10.7. The molecule has 3 aromatic heterocycles. The van der Waals surface area contributed by atoms with Crippen LogP contribution < -0.4 is 0 Å². The van der Waals surface area contributed by atoms with Crippen LogP contribution in [-0.4, -0.2) is 25.7 Å². The van der Waals surface area contributed by atoms with Gasteiger partial charge in [-0.2, -0.15) is 22.3 Å². The number of nitrogens with one attached hydrogen (secondary N) is 2. The van der Waals surface area contributed by atoms with Gasteiger partial charge < -0.3 is 9.97 Å². The number of aromatic amines is 2. The molecule has 2 aliphatic heterocycles. The fourth-order valence-corrected chi connectivity index (χ4v) is 9.46. The summed E-state index contributed by atoms with van der Waals surface area (Å²) in [5.74, 6) is -0.618. The normalized spacial score (nSPS) is 14.7. The van der Waals surface area contributed by atoms with E-state index in [-0.39, 0.29) is 5.25 Å². The number of hydrogen-bond acceptors (Lipinski definition) is 5. The molecule has 6 nitrogen and oxygen atoms in total. The Labute approximate surface area is 336 Å². The third-order valence-electron chi connectivity index (χ3n) is 10.7. The van der Waals surface area contributed by atoms with Crippen molar-refractivity contribution in [3.63, 3.8) is 0 Å². The molecule has 274 valence electrons. The van der Waals surface area contributed by atoms with Crippen molar-refractivity contribution in [3.8, 4) is 56.6 Å². The zero-order valence-electron chi connectivity index (χ0n) is 31.4. The Kier molecular flexibility index (Phi) is 9.83. The van der Waals surface area contributed by atoms with Crippen molar-refractivity contribution in [2.45, 2.75) is 24.5 Å². The number of aromatic nitrogens is 4. The molecule has 2 N–H and O–H groups in total. The van der Waals surface area contributed by atoms with Crippen molar-refractivity contribution < 1.29 is 0 Å². The van der Waals surface area contributed by atoms with Crippen molar-refractivity contribution in [1.82, 2.24) is 19.9 Å². The molecule has 0 saturated heterocycles. The minimum Gasteiger partial charge on any atom is -0.354 e. The number of thioether (sulfide) groups is 1. The first-order valence-corrected chi connectivity index (χ1v) is 20.3. The van der Waals surface area contributed by atoms with Crippen LogP contribution in [0.1, 0.15) is 47.3 Å². The molecule has 0 saturated carbocycles. The molecule has 0 radical (unpaired) electrons. The van der Waals surface area contributed by atoms with E-state index in [1.807, 2.05) is 60.7 Å². The molecule has 0 spiro atoms. The number of H-pyrrole nitrogens is 2. The van der Waals surface area contributed by atoms with Crippen LogP contribution in [0.2, 0.25) is 0 Å². The Bertz CT molecular complexity index is 2850. The van der Waals surface area contributed by atoms with Gasteiger partial charge in [-0.05, 0) is 70.8 Å². The van der Waals surface area contributed by atoms with E-state index in [2.05, 4.69) is 126 Å². The van der Waals surface area contributed by atoms with Gasteiger partial charge in [0, 0.05) is 50.2 Å². The first kappa shape index (κ1) is 35.8. The van der Waals surface area contributed by atoms with Crippen LogP contribution in [0.15, 0.2) is 146 Å². The number of benzene rings is 4. The number of nitriles is 2. The maximum Gasteiger partial charge on any atom is 0.143 e. The summed E-state index contributed by atoms with van der Waals surface area (Å²) in [5, 5.41) is 21.1. The van der Waals surface area contributed by atoms with Crippen molar-refractivity contribution >= 4 is 46.0 Å². The monoisotopic (exact) mass is 754 g/mol. The largest absolute Gasteiger partial charge is 0.354 e. The highest BCUT2D eigenvalue weighted by molar-refractivity contribution is 7.99. The van der Waals surface area contributed by atoms with E-state index in [9.17, 15) is 10.5 Å². The molecule has 7 heteroatoms. The lowest BCUT2D eigenvalue weighted by molar-refractivity contribution is 0.619. The zero-order chi connectivity index (χ0) is 38.7. The summed E-state index contributed by atoms with van der Waals surface area (Å²) < 4.78 is 0. The number of nitrogens with zero attached hydrogens (tertiary/aromatic N) is 4. The number of fused-ring (bicyclic) bond motifs is 8. The lowest BCUT2D eigenvalue weighted by atomic mass is 9.84. The summed E-state index contributed by atoms with van der Waals surface area (Å²) in [6, 6.07) is 54.6. The number of rotatable bonds is 8. The Balaban J connectivity index is 1.53. The third-order valence-corrected chi connectivity index (χ3v) is 12.2. The summed E-state index contributed by atoms with van der Waals surface area (Å²) in [7, 11) is 0. The quantitative estimate of drug-likeness (QED) is 0.161. The van der Waals surface area contributed by atoms with Gasteiger partial charge in [0.2, 0.25) is 0 Å². The van der Waals surface area contributed by atoms with Crippen LogP contribution in [-0.2, 0) is 0 Å². The van der Waals surface area contributed by atoms with Crippen molar-refractivity contribution in [2.75, 3.05) is 5.75 Å². The fraction of sp³-hybridized carbons (Fsp3) is 0.120. The van der Waals surface area contributed by atoms with Crippen LogP contribution in [0.5, 0.6) is 0 Å². The molecular formula is C50H38N6S. The van der Waals surface area contributed by atoms with Gasteiger partial charge in [0.15, 0.2) is 0 Å². The van der Waals surface area contributed by atoms with E-state index in [0.717, 1.165) is 102 Å². The highest BCUT2D eigenvalue weighted by atomic mass is 32.2. The Morgan fingerprint density at radius 3 is 1.32 bits per heavy atom. The molecule has 9 rings (SSSR count). The van der Waals surface area contributed by atoms with E-state index in [1.54, 1.807) is 11.8 Å². The molecule has 7 aromatic rings. The van der Waals surface area contributed by atoms with Crippen molar-refractivity contribution in [1.29, 1.82) is 10.5 Å². The lowest BCUT2D eigenvalue weighted by Gasteiger charge is -2.23. The summed E-state index contributed by atoms with van der Waals surface area (Å²) in [5.41, 5.74) is 14.6. The second kappa shape index (κ2) is 15.7. The SMILES string of the molecule is CCCS[C@@H]1c2nc(c(-c3ccccc3)c3ccc([nH]3)c(-c3ccccc3)c3nc(c(-c4ccccc4)c4ccc([nH]4)c2-c2ccccc2)C=C3)[C@H]1C(C#N)C#N. The maximum absolute atomic E-state index is 10.7. The first-order chi connectivity index (χ1) is 28.2. The van der Waals surface area contributed by atoms with Crippen LogP contribution >= 0.6 is 11.8 Å². The smallest absolute Gasteiger partial charge is 0.143 e. The van der Waals surface area contributed by atoms with Gasteiger partial charge >= 0.3 is 0 Å². The van der Waals surface area contributed by atoms with Gasteiger partial charge in [-0.15, -0.1) is 0 Å². The predicted octanol–water partition coefficient (Wildman–Crippen LogP) is 12.8. The lowest BCUT2D eigenvalue weighted by Crippen LogP contribution is -2.14. The fourth-order valence-electron chi connectivity index (χ4n) is 8.15. The molecule has 0 amide bonds. The summed E-state index contributed by atoms with van der Waals surface area (Å²) >= 11 is 1.78. The molecule has 0 fully saturated rings.